The Kier molecular flexibility index (Phi) is 7.07. The first-order chi connectivity index (χ1) is 11.1. The number of hydrogen-bond acceptors (Lipinski definition) is 5. The number of rotatable bonds is 6. The highest BCUT2D eigenvalue weighted by Crippen LogP contribution is 2.27. The van der Waals surface area contributed by atoms with Crippen LogP contribution in [0.5, 0.6) is 0 Å². The van der Waals surface area contributed by atoms with Crippen molar-refractivity contribution in [1.29, 1.82) is 0 Å². The SMILES string of the molecule is CNC(=O)NC(=O)CCSCc1csc(-c2cccc(Br)c2)n1. The fourth-order valence-corrected chi connectivity index (χ4v) is 3.87. The number of halogens is 1. The Bertz CT molecular complexity index is 691. The minimum atomic E-state index is -0.474. The molecule has 5 nitrogen and oxygen atoms in total. The second-order valence-corrected chi connectivity index (χ2v) is 7.46. The number of hydrogen-bond donors (Lipinski definition) is 2. The summed E-state index contributed by atoms with van der Waals surface area (Å²) in [6.07, 6.45) is 0.306. The molecule has 0 unspecified atom stereocenters. The lowest BCUT2D eigenvalue weighted by Crippen LogP contribution is -2.37. The van der Waals surface area contributed by atoms with E-state index in [1.54, 1.807) is 23.1 Å². The number of thioether (sulfide) groups is 1. The summed E-state index contributed by atoms with van der Waals surface area (Å²) >= 11 is 6.69. The molecule has 1 heterocycles. The average molecular weight is 414 g/mol. The van der Waals surface area contributed by atoms with E-state index >= 15 is 0 Å². The Hall–Kier alpha value is -1.38. The van der Waals surface area contributed by atoms with Crippen LogP contribution in [0.3, 0.4) is 0 Å². The number of nitrogens with zero attached hydrogens (tertiary/aromatic N) is 1. The van der Waals surface area contributed by atoms with Crippen molar-refractivity contribution >= 4 is 51.0 Å². The van der Waals surface area contributed by atoms with Gasteiger partial charge in [0.2, 0.25) is 5.91 Å². The number of amides is 3. The average Bonchev–Trinajstić information content (AvgIpc) is 3.00. The summed E-state index contributed by atoms with van der Waals surface area (Å²) < 4.78 is 1.03. The molecule has 0 aliphatic heterocycles. The van der Waals surface area contributed by atoms with E-state index < -0.39 is 6.03 Å². The molecule has 2 rings (SSSR count). The van der Waals surface area contributed by atoms with Crippen molar-refractivity contribution in [3.8, 4) is 10.6 Å². The van der Waals surface area contributed by atoms with Crippen LogP contribution in [0.1, 0.15) is 12.1 Å². The van der Waals surface area contributed by atoms with Crippen LogP contribution in [0.2, 0.25) is 0 Å². The van der Waals surface area contributed by atoms with Gasteiger partial charge in [0.05, 0.1) is 5.69 Å². The van der Waals surface area contributed by atoms with E-state index in [2.05, 4.69) is 31.5 Å². The molecule has 0 atom stereocenters. The molecule has 0 spiro atoms. The number of urea groups is 1. The van der Waals surface area contributed by atoms with Crippen molar-refractivity contribution in [3.63, 3.8) is 0 Å². The monoisotopic (exact) mass is 413 g/mol. The van der Waals surface area contributed by atoms with Gasteiger partial charge in [0.15, 0.2) is 0 Å². The molecule has 0 saturated heterocycles. The van der Waals surface area contributed by atoms with Crippen LogP contribution < -0.4 is 10.6 Å². The predicted octanol–water partition coefficient (Wildman–Crippen LogP) is 3.65. The summed E-state index contributed by atoms with van der Waals surface area (Å²) in [6.45, 7) is 0. The van der Waals surface area contributed by atoms with Crippen molar-refractivity contribution in [1.82, 2.24) is 15.6 Å². The Morgan fingerprint density at radius 2 is 2.22 bits per heavy atom. The van der Waals surface area contributed by atoms with Gasteiger partial charge in [0, 0.05) is 40.4 Å². The van der Waals surface area contributed by atoms with Gasteiger partial charge in [-0.3, -0.25) is 10.1 Å². The van der Waals surface area contributed by atoms with Crippen LogP contribution in [-0.4, -0.2) is 29.7 Å². The van der Waals surface area contributed by atoms with Gasteiger partial charge in [0.25, 0.3) is 0 Å². The number of imide groups is 1. The molecular formula is C15H16BrN3O2S2. The number of carbonyl (C=O) groups is 2. The molecule has 0 aliphatic rings. The molecular weight excluding hydrogens is 398 g/mol. The first-order valence-corrected chi connectivity index (χ1v) is 9.71. The normalized spacial score (nSPS) is 10.3. The Balaban J connectivity index is 1.77. The maximum atomic E-state index is 11.4. The second-order valence-electron chi connectivity index (χ2n) is 4.58. The van der Waals surface area contributed by atoms with E-state index in [-0.39, 0.29) is 5.91 Å². The first-order valence-electron chi connectivity index (χ1n) is 6.88. The molecule has 1 aromatic carbocycles. The third-order valence-electron chi connectivity index (χ3n) is 2.83. The number of carbonyl (C=O) groups excluding carboxylic acids is 2. The van der Waals surface area contributed by atoms with Crippen LogP contribution in [0.15, 0.2) is 34.1 Å². The van der Waals surface area contributed by atoms with Gasteiger partial charge < -0.3 is 5.32 Å². The van der Waals surface area contributed by atoms with Gasteiger partial charge in [0.1, 0.15) is 5.01 Å². The highest BCUT2D eigenvalue weighted by molar-refractivity contribution is 9.10. The van der Waals surface area contributed by atoms with Crippen LogP contribution in [-0.2, 0) is 10.5 Å². The molecule has 0 fully saturated rings. The molecule has 0 saturated carbocycles. The van der Waals surface area contributed by atoms with Crippen molar-refractivity contribution in [2.24, 2.45) is 0 Å². The summed E-state index contributed by atoms with van der Waals surface area (Å²) in [5.41, 5.74) is 2.09. The standard InChI is InChI=1S/C15H16BrN3O2S2/c1-17-15(21)19-13(20)5-6-22-8-12-9-23-14(18-12)10-3-2-4-11(16)7-10/h2-4,7,9H,5-6,8H2,1H3,(H2,17,19,20,21). The van der Waals surface area contributed by atoms with Crippen molar-refractivity contribution in [2.45, 2.75) is 12.2 Å². The Labute approximate surface area is 151 Å². The van der Waals surface area contributed by atoms with Crippen molar-refractivity contribution in [3.05, 3.63) is 39.8 Å². The van der Waals surface area contributed by atoms with Crippen LogP contribution in [0.4, 0.5) is 4.79 Å². The lowest BCUT2D eigenvalue weighted by atomic mass is 10.2. The highest BCUT2D eigenvalue weighted by atomic mass is 79.9. The molecule has 3 amide bonds. The van der Waals surface area contributed by atoms with E-state index in [1.807, 2.05) is 29.6 Å². The quantitative estimate of drug-likeness (QED) is 0.708. The summed E-state index contributed by atoms with van der Waals surface area (Å²) in [6, 6.07) is 7.57. The fraction of sp³-hybridized carbons (Fsp3) is 0.267. The topological polar surface area (TPSA) is 71.1 Å². The third-order valence-corrected chi connectivity index (χ3v) is 5.25. The second kappa shape index (κ2) is 9.05. The molecule has 0 bridgehead atoms. The molecule has 0 aliphatic carbocycles. The van der Waals surface area contributed by atoms with Gasteiger partial charge in [-0.05, 0) is 12.1 Å². The molecule has 122 valence electrons. The molecule has 23 heavy (non-hydrogen) atoms. The minimum Gasteiger partial charge on any atom is -0.341 e. The zero-order valence-corrected chi connectivity index (χ0v) is 15.7. The van der Waals surface area contributed by atoms with Crippen LogP contribution in [0.25, 0.3) is 10.6 Å². The molecule has 1 aromatic heterocycles. The lowest BCUT2D eigenvalue weighted by molar-refractivity contribution is -0.119. The van der Waals surface area contributed by atoms with E-state index in [0.29, 0.717) is 12.2 Å². The van der Waals surface area contributed by atoms with E-state index in [4.69, 9.17) is 0 Å². The molecule has 0 radical (unpaired) electrons. The van der Waals surface area contributed by atoms with Crippen LogP contribution >= 0.6 is 39.0 Å². The predicted molar refractivity (Wildman–Crippen MR) is 98.6 cm³/mol. The van der Waals surface area contributed by atoms with Crippen molar-refractivity contribution < 1.29 is 9.59 Å². The zero-order chi connectivity index (χ0) is 16.7. The van der Waals surface area contributed by atoms with E-state index in [0.717, 1.165) is 26.5 Å². The van der Waals surface area contributed by atoms with Gasteiger partial charge >= 0.3 is 6.03 Å². The number of aromatic nitrogens is 1. The minimum absolute atomic E-state index is 0.273. The summed E-state index contributed by atoms with van der Waals surface area (Å²) in [5, 5.41) is 7.60. The highest BCUT2D eigenvalue weighted by Gasteiger charge is 2.07. The summed E-state index contributed by atoms with van der Waals surface area (Å²) in [5.74, 6) is 1.12. The number of nitrogens with one attached hydrogen (secondary N) is 2. The third kappa shape index (κ3) is 5.96. The summed E-state index contributed by atoms with van der Waals surface area (Å²) in [7, 11) is 1.47. The molecule has 2 aromatic rings. The largest absolute Gasteiger partial charge is 0.341 e. The smallest absolute Gasteiger partial charge is 0.321 e. The lowest BCUT2D eigenvalue weighted by Gasteiger charge is -2.02. The maximum Gasteiger partial charge on any atom is 0.321 e. The van der Waals surface area contributed by atoms with Crippen molar-refractivity contribution in [2.75, 3.05) is 12.8 Å². The first kappa shape index (κ1) is 18.0. The van der Waals surface area contributed by atoms with Gasteiger partial charge in [-0.15, -0.1) is 11.3 Å². The van der Waals surface area contributed by atoms with Gasteiger partial charge in [-0.1, -0.05) is 28.1 Å². The van der Waals surface area contributed by atoms with E-state index in [9.17, 15) is 9.59 Å². The Morgan fingerprint density at radius 1 is 1.39 bits per heavy atom. The fourth-order valence-electron chi connectivity index (χ4n) is 1.72. The number of benzene rings is 1. The number of thiazole rings is 1. The van der Waals surface area contributed by atoms with Crippen LogP contribution in [0, 0.1) is 0 Å². The maximum absolute atomic E-state index is 11.4. The molecule has 2 N–H and O–H groups in total. The zero-order valence-electron chi connectivity index (χ0n) is 12.5. The molecule has 8 heteroatoms. The van der Waals surface area contributed by atoms with Gasteiger partial charge in [-0.25, -0.2) is 9.78 Å². The van der Waals surface area contributed by atoms with Gasteiger partial charge in [-0.2, -0.15) is 11.8 Å². The summed E-state index contributed by atoms with van der Waals surface area (Å²) in [4.78, 5) is 27.0. The van der Waals surface area contributed by atoms with E-state index in [1.165, 1.54) is 7.05 Å². The Morgan fingerprint density at radius 3 is 2.96 bits per heavy atom.